The van der Waals surface area contributed by atoms with Gasteiger partial charge in [-0.25, -0.2) is 17.8 Å². The summed E-state index contributed by atoms with van der Waals surface area (Å²) < 4.78 is 41.3. The summed E-state index contributed by atoms with van der Waals surface area (Å²) in [7, 11) is -4.57. The fourth-order valence-corrected chi connectivity index (χ4v) is 9.05. The average Bonchev–Trinajstić information content (AvgIpc) is 3.21. The zero-order chi connectivity index (χ0) is 21.3. The van der Waals surface area contributed by atoms with Gasteiger partial charge < -0.3 is 16.0 Å². The van der Waals surface area contributed by atoms with Crippen molar-refractivity contribution in [2.24, 2.45) is 0 Å². The van der Waals surface area contributed by atoms with Crippen molar-refractivity contribution in [3.63, 3.8) is 0 Å². The highest BCUT2D eigenvalue weighted by molar-refractivity contribution is 7.94. The molecule has 1 aliphatic rings. The Hall–Kier alpha value is -1.92. The number of aromatic nitrogens is 1. The first-order valence-corrected chi connectivity index (χ1v) is 13.6. The van der Waals surface area contributed by atoms with E-state index in [1.807, 2.05) is 6.92 Å². The fourth-order valence-electron chi connectivity index (χ4n) is 3.66. The smallest absolute Gasteiger partial charge is 0.223 e. The molecule has 30 heavy (non-hydrogen) atoms. The Bertz CT molecular complexity index is 1230. The predicted octanol–water partition coefficient (Wildman–Crippen LogP) is 5.99. The molecular formula is C23H23FNO2S3-. The van der Waals surface area contributed by atoms with Gasteiger partial charge in [-0.05, 0) is 35.4 Å². The molecule has 0 bridgehead atoms. The van der Waals surface area contributed by atoms with Gasteiger partial charge in [0.15, 0.2) is 5.03 Å². The Morgan fingerprint density at radius 3 is 2.47 bits per heavy atom. The van der Waals surface area contributed by atoms with Crippen molar-refractivity contribution in [3.05, 3.63) is 59.9 Å². The highest BCUT2D eigenvalue weighted by Gasteiger charge is 2.25. The molecule has 0 saturated heterocycles. The molecule has 1 aromatic heterocycles. The Balaban J connectivity index is 1.85. The molecule has 3 nitrogen and oxygen atoms in total. The van der Waals surface area contributed by atoms with Gasteiger partial charge in [-0.15, -0.1) is 16.6 Å². The second-order valence-corrected chi connectivity index (χ2v) is 12.5. The van der Waals surface area contributed by atoms with Crippen molar-refractivity contribution in [2.45, 2.75) is 58.4 Å². The zero-order valence-corrected chi connectivity index (χ0v) is 19.1. The number of aryl methyl sites for hydroxylation is 1. The van der Waals surface area contributed by atoms with Gasteiger partial charge in [0.1, 0.15) is 10.8 Å². The summed E-state index contributed by atoms with van der Waals surface area (Å²) in [5.41, 5.74) is 8.19. The average molecular weight is 461 g/mol. The standard InChI is InChI=1S/C23H23FNO2S3/c1-16-11-13-20(14-12-16)30(26,27)22-23(29(2)19-9-4-3-5-10-19)28-21(25-22)17-7-6-8-18(24)15-17/h2,6-8,11-15,19H,3-5,9-10H2,1H3/q-1. The van der Waals surface area contributed by atoms with E-state index in [0.29, 0.717) is 14.8 Å². The Kier molecular flexibility index (Phi) is 6.16. The summed E-state index contributed by atoms with van der Waals surface area (Å²) in [5, 5.41) is 0.757. The number of thiazole rings is 1. The topological polar surface area (TPSA) is 47.0 Å². The Morgan fingerprint density at radius 2 is 1.80 bits per heavy atom. The molecule has 0 atom stereocenters. The third kappa shape index (κ3) is 4.26. The fraction of sp³-hybridized carbons (Fsp3) is 0.304. The van der Waals surface area contributed by atoms with Crippen molar-refractivity contribution >= 4 is 31.5 Å². The lowest BCUT2D eigenvalue weighted by Crippen LogP contribution is -2.17. The van der Waals surface area contributed by atoms with Crippen LogP contribution < -0.4 is 0 Å². The third-order valence-electron chi connectivity index (χ3n) is 5.35. The van der Waals surface area contributed by atoms with E-state index in [9.17, 15) is 12.8 Å². The van der Waals surface area contributed by atoms with Crippen molar-refractivity contribution in [1.29, 1.82) is 0 Å². The van der Waals surface area contributed by atoms with Crippen LogP contribution in [0.5, 0.6) is 0 Å². The number of sulfone groups is 1. The molecule has 1 saturated carbocycles. The molecule has 7 heteroatoms. The summed E-state index contributed by atoms with van der Waals surface area (Å²) >= 11 is 1.28. The van der Waals surface area contributed by atoms with Crippen LogP contribution in [0.3, 0.4) is 0 Å². The molecule has 0 amide bonds. The summed E-state index contributed by atoms with van der Waals surface area (Å²) in [6, 6.07) is 12.8. The molecule has 2 aromatic carbocycles. The van der Waals surface area contributed by atoms with Gasteiger partial charge in [0, 0.05) is 5.56 Å². The highest BCUT2D eigenvalue weighted by atomic mass is 32.2. The predicted molar refractivity (Wildman–Crippen MR) is 122 cm³/mol. The summed E-state index contributed by atoms with van der Waals surface area (Å²) in [4.78, 5) is 4.70. The first kappa shape index (κ1) is 21.3. The largest absolute Gasteiger partial charge is 0.414 e. The molecule has 0 aliphatic heterocycles. The van der Waals surface area contributed by atoms with Gasteiger partial charge in [0.05, 0.1) is 4.90 Å². The van der Waals surface area contributed by atoms with E-state index in [4.69, 9.17) is 5.69 Å². The molecule has 4 rings (SSSR count). The number of halogens is 1. The molecule has 0 spiro atoms. The van der Waals surface area contributed by atoms with Crippen LogP contribution in [0.4, 0.5) is 4.39 Å². The maximum Gasteiger partial charge on any atom is 0.223 e. The lowest BCUT2D eigenvalue weighted by Gasteiger charge is -2.33. The number of nitrogens with zero attached hydrogens (tertiary/aromatic N) is 1. The van der Waals surface area contributed by atoms with Crippen LogP contribution in [0.1, 0.15) is 37.7 Å². The van der Waals surface area contributed by atoms with E-state index in [-0.39, 0.29) is 21.0 Å². The maximum atomic E-state index is 13.8. The van der Waals surface area contributed by atoms with Gasteiger partial charge in [-0.3, -0.25) is 0 Å². The highest BCUT2D eigenvalue weighted by Crippen LogP contribution is 2.38. The van der Waals surface area contributed by atoms with E-state index in [1.165, 1.54) is 29.9 Å². The van der Waals surface area contributed by atoms with E-state index in [2.05, 4.69) is 4.98 Å². The quantitative estimate of drug-likeness (QED) is 0.451. The van der Waals surface area contributed by atoms with Crippen LogP contribution in [-0.2, 0) is 20.1 Å². The SMILES string of the molecule is C#[S-](c1sc(-c2cccc(F)c2)nc1S(=O)(=O)c1ccc(C)cc1)C1CCCCC1. The van der Waals surface area contributed by atoms with E-state index in [1.54, 1.807) is 36.4 Å². The van der Waals surface area contributed by atoms with Gasteiger partial charge in [-0.1, -0.05) is 61.9 Å². The van der Waals surface area contributed by atoms with Crippen LogP contribution in [-0.4, -0.2) is 18.7 Å². The second-order valence-electron chi connectivity index (χ2n) is 7.57. The number of hydrogen-bond donors (Lipinski definition) is 0. The molecule has 0 unspecified atom stereocenters. The van der Waals surface area contributed by atoms with Crippen molar-refractivity contribution in [1.82, 2.24) is 4.98 Å². The lowest BCUT2D eigenvalue weighted by molar-refractivity contribution is 0.514. The second kappa shape index (κ2) is 8.67. The van der Waals surface area contributed by atoms with Gasteiger partial charge in [0.25, 0.3) is 0 Å². The minimum Gasteiger partial charge on any atom is -0.414 e. The molecule has 1 fully saturated rings. The third-order valence-corrected chi connectivity index (χ3v) is 10.8. The lowest BCUT2D eigenvalue weighted by atomic mass is 10.0. The molecular weight excluding hydrogens is 437 g/mol. The molecule has 0 radical (unpaired) electrons. The number of rotatable bonds is 3. The minimum atomic E-state index is -3.83. The molecule has 0 N–H and O–H groups in total. The van der Waals surface area contributed by atoms with E-state index < -0.39 is 20.1 Å². The van der Waals surface area contributed by atoms with Crippen LogP contribution in [0.15, 0.2) is 62.7 Å². The molecule has 1 heterocycles. The normalized spacial score (nSPS) is 15.5. The van der Waals surface area contributed by atoms with Crippen molar-refractivity contribution in [3.8, 4) is 16.3 Å². The van der Waals surface area contributed by atoms with E-state index in [0.717, 1.165) is 31.2 Å². The van der Waals surface area contributed by atoms with E-state index >= 15 is 0 Å². The monoisotopic (exact) mass is 460 g/mol. The zero-order valence-electron chi connectivity index (χ0n) is 16.7. The minimum absolute atomic E-state index is 0.0204. The first-order chi connectivity index (χ1) is 14.4. The Morgan fingerprint density at radius 1 is 1.10 bits per heavy atom. The van der Waals surface area contributed by atoms with Crippen molar-refractivity contribution < 1.29 is 12.8 Å². The van der Waals surface area contributed by atoms with Crippen LogP contribution in [0.25, 0.3) is 10.6 Å². The molecule has 1 aliphatic carbocycles. The van der Waals surface area contributed by atoms with Crippen molar-refractivity contribution in [2.75, 3.05) is 0 Å². The molecule has 3 aromatic rings. The van der Waals surface area contributed by atoms with Crippen LogP contribution in [0.2, 0.25) is 0 Å². The summed E-state index contributed by atoms with van der Waals surface area (Å²) in [5.74, 6) is -0.383. The van der Waals surface area contributed by atoms with Gasteiger partial charge in [-0.2, -0.15) is 0 Å². The van der Waals surface area contributed by atoms with Crippen LogP contribution >= 0.6 is 11.3 Å². The molecule has 158 valence electrons. The maximum absolute atomic E-state index is 13.8. The summed E-state index contributed by atoms with van der Waals surface area (Å²) in [6.45, 7) is 1.91. The van der Waals surface area contributed by atoms with Crippen LogP contribution in [0, 0.1) is 18.4 Å². The number of benzene rings is 2. The van der Waals surface area contributed by atoms with Gasteiger partial charge >= 0.3 is 0 Å². The summed E-state index contributed by atoms with van der Waals surface area (Å²) in [6.07, 6.45) is 5.41. The number of hydrogen-bond acceptors (Lipinski definition) is 5. The Labute approximate surface area is 183 Å². The first-order valence-electron chi connectivity index (χ1n) is 9.92. The van der Waals surface area contributed by atoms with Gasteiger partial charge in [0.2, 0.25) is 9.84 Å².